The molecule has 2 heterocycles. The monoisotopic (exact) mass is 493 g/mol. The molecule has 2 atom stereocenters. The van der Waals surface area contributed by atoms with E-state index in [1.54, 1.807) is 0 Å². The SMILES string of the molecule is C[N+]1(CCCC(=O)c2ccc3c(c2)OCCO3)CCC(c2ccccc2)C1.[I-]. The van der Waals surface area contributed by atoms with Gasteiger partial charge in [0.15, 0.2) is 17.3 Å². The Kier molecular flexibility index (Phi) is 6.99. The summed E-state index contributed by atoms with van der Waals surface area (Å²) in [7, 11) is 2.33. The number of rotatable bonds is 6. The van der Waals surface area contributed by atoms with E-state index in [9.17, 15) is 4.79 Å². The van der Waals surface area contributed by atoms with E-state index in [4.69, 9.17) is 9.47 Å². The van der Waals surface area contributed by atoms with Crippen LogP contribution >= 0.6 is 0 Å². The lowest BCUT2D eigenvalue weighted by Gasteiger charge is -2.29. The molecule has 0 aromatic heterocycles. The number of hydrogen-bond acceptors (Lipinski definition) is 3. The van der Waals surface area contributed by atoms with Crippen molar-refractivity contribution in [2.75, 3.05) is 39.9 Å². The third kappa shape index (κ3) is 4.87. The second kappa shape index (κ2) is 9.27. The van der Waals surface area contributed by atoms with Gasteiger partial charge in [0, 0.05) is 30.7 Å². The maximum Gasteiger partial charge on any atom is 0.163 e. The van der Waals surface area contributed by atoms with Crippen LogP contribution in [0.3, 0.4) is 0 Å². The van der Waals surface area contributed by atoms with Crippen molar-refractivity contribution in [2.45, 2.75) is 25.2 Å². The van der Waals surface area contributed by atoms with Crippen LogP contribution in [0.2, 0.25) is 0 Å². The highest BCUT2D eigenvalue weighted by Gasteiger charge is 2.34. The number of Topliss-reactive ketones (excluding diaryl/α,β-unsaturated/α-hetero) is 1. The molecule has 5 heteroatoms. The number of benzene rings is 2. The third-order valence-electron chi connectivity index (χ3n) is 5.92. The number of carbonyl (C=O) groups excluding carboxylic acids is 1. The van der Waals surface area contributed by atoms with E-state index in [-0.39, 0.29) is 29.8 Å². The van der Waals surface area contributed by atoms with Gasteiger partial charge in [-0.2, -0.15) is 0 Å². The quantitative estimate of drug-likeness (QED) is 0.343. The van der Waals surface area contributed by atoms with Crippen LogP contribution in [0.15, 0.2) is 48.5 Å². The van der Waals surface area contributed by atoms with Crippen molar-refractivity contribution in [3.05, 3.63) is 59.7 Å². The highest BCUT2D eigenvalue weighted by Crippen LogP contribution is 2.33. The van der Waals surface area contributed by atoms with Gasteiger partial charge in [-0.05, 0) is 23.8 Å². The van der Waals surface area contributed by atoms with Crippen molar-refractivity contribution in [3.63, 3.8) is 0 Å². The minimum Gasteiger partial charge on any atom is -1.00 e. The Labute approximate surface area is 184 Å². The number of likely N-dealkylation sites (tertiary alicyclic amines) is 1. The molecule has 2 aromatic carbocycles. The first-order valence-corrected chi connectivity index (χ1v) is 9.94. The minimum absolute atomic E-state index is 0. The average Bonchev–Trinajstić information content (AvgIpc) is 3.10. The molecule has 2 aliphatic rings. The molecule has 2 aromatic rings. The van der Waals surface area contributed by atoms with Crippen molar-refractivity contribution < 1.29 is 42.7 Å². The van der Waals surface area contributed by atoms with Gasteiger partial charge in [-0.15, -0.1) is 0 Å². The number of halogens is 1. The Hall–Kier alpha value is -1.60. The van der Waals surface area contributed by atoms with E-state index in [1.807, 2.05) is 18.2 Å². The molecule has 1 saturated heterocycles. The molecule has 150 valence electrons. The van der Waals surface area contributed by atoms with Crippen molar-refractivity contribution in [2.24, 2.45) is 0 Å². The molecule has 0 radical (unpaired) electrons. The van der Waals surface area contributed by atoms with Gasteiger partial charge in [-0.25, -0.2) is 0 Å². The van der Waals surface area contributed by atoms with Crippen LogP contribution in [0.4, 0.5) is 0 Å². The molecular formula is C23H28INO3. The zero-order valence-electron chi connectivity index (χ0n) is 16.4. The molecule has 0 aliphatic carbocycles. The number of ether oxygens (including phenoxy) is 2. The van der Waals surface area contributed by atoms with Gasteiger partial charge in [-0.1, -0.05) is 30.3 Å². The van der Waals surface area contributed by atoms with Gasteiger partial charge in [0.2, 0.25) is 0 Å². The lowest BCUT2D eigenvalue weighted by molar-refractivity contribution is -0.898. The van der Waals surface area contributed by atoms with Crippen LogP contribution in [0, 0.1) is 0 Å². The molecule has 0 spiro atoms. The fourth-order valence-electron chi connectivity index (χ4n) is 4.36. The summed E-state index contributed by atoms with van der Waals surface area (Å²) in [6.07, 6.45) is 2.74. The fraction of sp³-hybridized carbons (Fsp3) is 0.435. The van der Waals surface area contributed by atoms with Crippen molar-refractivity contribution >= 4 is 5.78 Å². The minimum atomic E-state index is 0. The van der Waals surface area contributed by atoms with Gasteiger partial charge < -0.3 is 37.9 Å². The topological polar surface area (TPSA) is 35.5 Å². The summed E-state index contributed by atoms with van der Waals surface area (Å²) < 4.78 is 12.2. The van der Waals surface area contributed by atoms with Gasteiger partial charge in [0.25, 0.3) is 0 Å². The summed E-state index contributed by atoms with van der Waals surface area (Å²) >= 11 is 0. The van der Waals surface area contributed by atoms with Crippen molar-refractivity contribution in [1.29, 1.82) is 0 Å². The van der Waals surface area contributed by atoms with Crippen molar-refractivity contribution in [3.8, 4) is 11.5 Å². The van der Waals surface area contributed by atoms with Gasteiger partial charge in [0.1, 0.15) is 13.2 Å². The Morgan fingerprint density at radius 2 is 1.82 bits per heavy atom. The summed E-state index contributed by atoms with van der Waals surface area (Å²) in [5, 5.41) is 0. The van der Waals surface area contributed by atoms with Crippen LogP contribution in [0.25, 0.3) is 0 Å². The predicted octanol–water partition coefficient (Wildman–Crippen LogP) is 1.06. The second-order valence-corrected chi connectivity index (χ2v) is 8.03. The molecule has 0 saturated carbocycles. The molecule has 0 N–H and O–H groups in total. The maximum absolute atomic E-state index is 12.6. The summed E-state index contributed by atoms with van der Waals surface area (Å²) in [5.74, 6) is 2.26. The maximum atomic E-state index is 12.6. The Morgan fingerprint density at radius 1 is 1.07 bits per heavy atom. The highest BCUT2D eigenvalue weighted by molar-refractivity contribution is 5.96. The Balaban J connectivity index is 0.00000225. The largest absolute Gasteiger partial charge is 1.00 e. The van der Waals surface area contributed by atoms with E-state index >= 15 is 0 Å². The third-order valence-corrected chi connectivity index (χ3v) is 5.92. The molecule has 4 nitrogen and oxygen atoms in total. The first-order chi connectivity index (χ1) is 13.1. The lowest BCUT2D eigenvalue weighted by Crippen LogP contribution is -3.00. The van der Waals surface area contributed by atoms with Crippen molar-refractivity contribution in [1.82, 2.24) is 0 Å². The number of quaternary nitrogens is 1. The molecule has 1 fully saturated rings. The molecule has 0 bridgehead atoms. The molecule has 0 amide bonds. The summed E-state index contributed by atoms with van der Waals surface area (Å²) in [6.45, 7) is 4.53. The van der Waals surface area contributed by atoms with E-state index < -0.39 is 0 Å². The van der Waals surface area contributed by atoms with E-state index in [0.717, 1.165) is 28.8 Å². The normalized spacial score (nSPS) is 23.1. The number of fused-ring (bicyclic) bond motifs is 1. The average molecular weight is 493 g/mol. The molecular weight excluding hydrogens is 465 g/mol. The molecule has 28 heavy (non-hydrogen) atoms. The first-order valence-electron chi connectivity index (χ1n) is 9.94. The number of ketones is 1. The standard InChI is InChI=1S/C23H28NO3.HI/c1-24(13-11-20(17-24)18-6-3-2-4-7-18)12-5-8-21(25)19-9-10-22-23(16-19)27-15-14-26-22;/h2-4,6-7,9-10,16,20H,5,8,11-15,17H2,1H3;1H/q+1;/p-1. The first kappa shape index (κ1) is 21.1. The van der Waals surface area contributed by atoms with E-state index in [1.165, 1.54) is 25.1 Å². The lowest BCUT2D eigenvalue weighted by atomic mass is 9.99. The van der Waals surface area contributed by atoms with Crippen LogP contribution < -0.4 is 33.5 Å². The fourth-order valence-corrected chi connectivity index (χ4v) is 4.36. The molecule has 4 rings (SSSR count). The van der Waals surface area contributed by atoms with Gasteiger partial charge in [-0.3, -0.25) is 4.79 Å². The van der Waals surface area contributed by atoms with Gasteiger partial charge in [0.05, 0.1) is 26.7 Å². The Bertz CT molecular complexity index is 811. The predicted molar refractivity (Wildman–Crippen MR) is 106 cm³/mol. The molecule has 2 aliphatic heterocycles. The summed E-state index contributed by atoms with van der Waals surface area (Å²) in [4.78, 5) is 12.6. The van der Waals surface area contributed by atoms with Gasteiger partial charge >= 0.3 is 0 Å². The zero-order chi connectivity index (χ0) is 18.7. The second-order valence-electron chi connectivity index (χ2n) is 8.03. The van der Waals surface area contributed by atoms with E-state index in [2.05, 4.69) is 37.4 Å². The number of hydrogen-bond donors (Lipinski definition) is 0. The summed E-state index contributed by atoms with van der Waals surface area (Å²) in [6, 6.07) is 16.4. The Morgan fingerprint density at radius 3 is 2.61 bits per heavy atom. The molecule has 2 unspecified atom stereocenters. The number of likely N-dealkylation sites (N-methyl/N-ethyl adjacent to an activating group) is 1. The van der Waals surface area contributed by atoms with Crippen LogP contribution in [-0.2, 0) is 0 Å². The number of nitrogens with zero attached hydrogens (tertiary/aromatic N) is 1. The van der Waals surface area contributed by atoms with E-state index in [0.29, 0.717) is 31.3 Å². The van der Waals surface area contributed by atoms with Crippen LogP contribution in [0.5, 0.6) is 11.5 Å². The highest BCUT2D eigenvalue weighted by atomic mass is 127. The summed E-state index contributed by atoms with van der Waals surface area (Å²) in [5.41, 5.74) is 2.18. The zero-order valence-corrected chi connectivity index (χ0v) is 18.6. The van der Waals surface area contributed by atoms with Crippen LogP contribution in [0.1, 0.15) is 41.1 Å². The smallest absolute Gasteiger partial charge is 0.163 e. The van der Waals surface area contributed by atoms with Crippen LogP contribution in [-0.4, -0.2) is 50.2 Å². The number of carbonyl (C=O) groups is 1.